The number of amides is 2. The zero-order valence-corrected chi connectivity index (χ0v) is 13.5. The molecule has 0 bridgehead atoms. The Morgan fingerprint density at radius 1 is 1.04 bits per heavy atom. The summed E-state index contributed by atoms with van der Waals surface area (Å²) in [4.78, 5) is 37.2. The van der Waals surface area contributed by atoms with Crippen LogP contribution >= 0.6 is 0 Å². The number of imide groups is 1. The topological polar surface area (TPSA) is 63.7 Å². The second-order valence-electron chi connectivity index (χ2n) is 5.84. The molecular formula is C19H17NO4. The average Bonchev–Trinajstić information content (AvgIpc) is 2.80. The van der Waals surface area contributed by atoms with E-state index in [9.17, 15) is 14.4 Å². The van der Waals surface area contributed by atoms with E-state index >= 15 is 0 Å². The van der Waals surface area contributed by atoms with Gasteiger partial charge in [0.25, 0.3) is 11.8 Å². The lowest BCUT2D eigenvalue weighted by atomic mass is 10.1. The molecule has 1 aliphatic heterocycles. The fraction of sp³-hybridized carbons (Fsp3) is 0.211. The third kappa shape index (κ3) is 2.93. The first kappa shape index (κ1) is 15.9. The minimum absolute atomic E-state index is 0.243. The van der Waals surface area contributed by atoms with Gasteiger partial charge in [-0.25, -0.2) is 4.79 Å². The third-order valence-corrected chi connectivity index (χ3v) is 4.00. The Morgan fingerprint density at radius 3 is 2.42 bits per heavy atom. The number of nitrogens with zero attached hydrogens (tertiary/aromatic N) is 1. The molecule has 0 saturated heterocycles. The summed E-state index contributed by atoms with van der Waals surface area (Å²) in [5.74, 6) is -1.26. The van der Waals surface area contributed by atoms with E-state index in [4.69, 9.17) is 4.74 Å². The molecule has 0 saturated carbocycles. The number of carbonyl (C=O) groups excluding carboxylic acids is 3. The molecule has 0 aromatic heterocycles. The van der Waals surface area contributed by atoms with Gasteiger partial charge < -0.3 is 4.74 Å². The Labute approximate surface area is 139 Å². The number of rotatable bonds is 4. The van der Waals surface area contributed by atoms with Crippen molar-refractivity contribution >= 4 is 17.8 Å². The van der Waals surface area contributed by atoms with Gasteiger partial charge in [0.2, 0.25) is 0 Å². The van der Waals surface area contributed by atoms with E-state index in [0.29, 0.717) is 12.0 Å². The second-order valence-corrected chi connectivity index (χ2v) is 5.84. The van der Waals surface area contributed by atoms with Crippen molar-refractivity contribution in [2.75, 3.05) is 7.05 Å². The smallest absolute Gasteiger partial charge is 0.338 e. The summed E-state index contributed by atoms with van der Waals surface area (Å²) < 4.78 is 5.44. The number of carbonyl (C=O) groups is 3. The zero-order valence-electron chi connectivity index (χ0n) is 13.5. The van der Waals surface area contributed by atoms with Crippen molar-refractivity contribution in [1.82, 2.24) is 4.90 Å². The highest BCUT2D eigenvalue weighted by atomic mass is 16.5. The minimum Gasteiger partial charge on any atom is -0.459 e. The molecule has 2 amide bonds. The molecule has 1 atom stereocenters. The first-order valence-electron chi connectivity index (χ1n) is 7.68. The molecule has 5 heteroatoms. The summed E-state index contributed by atoms with van der Waals surface area (Å²) in [6.07, 6.45) is 0.311. The van der Waals surface area contributed by atoms with Gasteiger partial charge in [0.15, 0.2) is 0 Å². The van der Waals surface area contributed by atoms with E-state index in [-0.39, 0.29) is 23.1 Å². The number of benzene rings is 2. The summed E-state index contributed by atoms with van der Waals surface area (Å²) in [5.41, 5.74) is 1.91. The fourth-order valence-corrected chi connectivity index (χ4v) is 2.73. The van der Waals surface area contributed by atoms with Crippen LogP contribution in [0, 0.1) is 0 Å². The molecule has 0 fully saturated rings. The van der Waals surface area contributed by atoms with Crippen LogP contribution in [0.15, 0.2) is 48.5 Å². The van der Waals surface area contributed by atoms with Gasteiger partial charge >= 0.3 is 5.97 Å². The van der Waals surface area contributed by atoms with E-state index in [0.717, 1.165) is 10.5 Å². The molecule has 5 nitrogen and oxygen atoms in total. The highest BCUT2D eigenvalue weighted by Gasteiger charge is 2.33. The van der Waals surface area contributed by atoms with Crippen molar-refractivity contribution in [1.29, 1.82) is 0 Å². The first-order chi connectivity index (χ1) is 11.5. The molecule has 2 aromatic carbocycles. The van der Waals surface area contributed by atoms with Gasteiger partial charge in [-0.15, -0.1) is 0 Å². The van der Waals surface area contributed by atoms with Gasteiger partial charge in [0, 0.05) is 13.5 Å². The minimum atomic E-state index is -0.504. The molecule has 1 heterocycles. The van der Waals surface area contributed by atoms with Gasteiger partial charge in [0.05, 0.1) is 16.7 Å². The molecule has 0 radical (unpaired) electrons. The molecule has 122 valence electrons. The van der Waals surface area contributed by atoms with Crippen molar-refractivity contribution < 1.29 is 19.1 Å². The van der Waals surface area contributed by atoms with Gasteiger partial charge in [-0.1, -0.05) is 30.3 Å². The van der Waals surface area contributed by atoms with E-state index in [1.54, 1.807) is 0 Å². The number of hydrogen-bond acceptors (Lipinski definition) is 4. The molecule has 24 heavy (non-hydrogen) atoms. The monoisotopic (exact) mass is 323 g/mol. The molecule has 0 aliphatic carbocycles. The van der Waals surface area contributed by atoms with Gasteiger partial charge in [-0.2, -0.15) is 0 Å². The predicted octanol–water partition coefficient (Wildman–Crippen LogP) is 2.70. The van der Waals surface area contributed by atoms with Gasteiger partial charge in [-0.3, -0.25) is 14.5 Å². The van der Waals surface area contributed by atoms with Crippen molar-refractivity contribution in [3.8, 4) is 0 Å². The first-order valence-corrected chi connectivity index (χ1v) is 7.68. The lowest BCUT2D eigenvalue weighted by Crippen LogP contribution is -2.24. The summed E-state index contributed by atoms with van der Waals surface area (Å²) in [6.45, 7) is 1.82. The van der Waals surface area contributed by atoms with Gasteiger partial charge in [-0.05, 0) is 30.7 Å². The Kier molecular flexibility index (Phi) is 4.16. The van der Waals surface area contributed by atoms with E-state index in [1.807, 2.05) is 37.3 Å². The highest BCUT2D eigenvalue weighted by molar-refractivity contribution is 6.21. The van der Waals surface area contributed by atoms with Crippen LogP contribution in [0.2, 0.25) is 0 Å². The van der Waals surface area contributed by atoms with Crippen molar-refractivity contribution in [2.24, 2.45) is 0 Å². The normalized spacial score (nSPS) is 14.5. The quantitative estimate of drug-likeness (QED) is 0.641. The van der Waals surface area contributed by atoms with Crippen LogP contribution in [0.5, 0.6) is 0 Å². The number of ether oxygens (including phenoxy) is 1. The van der Waals surface area contributed by atoms with Crippen LogP contribution in [0.25, 0.3) is 0 Å². The molecule has 1 unspecified atom stereocenters. The molecule has 0 N–H and O–H groups in total. The third-order valence-electron chi connectivity index (χ3n) is 4.00. The SMILES string of the molecule is CC(Cc1ccccc1)OC(=O)c1ccc2c(c1)C(=O)N(C)C2=O. The number of fused-ring (bicyclic) bond motifs is 1. The van der Waals surface area contributed by atoms with Crippen molar-refractivity contribution in [3.05, 3.63) is 70.8 Å². The fourth-order valence-electron chi connectivity index (χ4n) is 2.73. The van der Waals surface area contributed by atoms with E-state index in [2.05, 4.69) is 0 Å². The summed E-state index contributed by atoms with van der Waals surface area (Å²) in [7, 11) is 1.42. The molecule has 2 aromatic rings. The molecular weight excluding hydrogens is 306 g/mol. The summed E-state index contributed by atoms with van der Waals surface area (Å²) in [6, 6.07) is 14.2. The molecule has 1 aliphatic rings. The lowest BCUT2D eigenvalue weighted by Gasteiger charge is -2.13. The number of esters is 1. The van der Waals surface area contributed by atoms with Crippen molar-refractivity contribution in [3.63, 3.8) is 0 Å². The zero-order chi connectivity index (χ0) is 17.3. The Bertz CT molecular complexity index is 813. The largest absolute Gasteiger partial charge is 0.459 e. The molecule has 0 spiro atoms. The average molecular weight is 323 g/mol. The summed E-state index contributed by atoms with van der Waals surface area (Å²) in [5, 5.41) is 0. The highest BCUT2D eigenvalue weighted by Crippen LogP contribution is 2.23. The van der Waals surface area contributed by atoms with Crippen LogP contribution in [0.4, 0.5) is 0 Å². The molecule has 3 rings (SSSR count). The van der Waals surface area contributed by atoms with Crippen LogP contribution in [0.3, 0.4) is 0 Å². The lowest BCUT2D eigenvalue weighted by molar-refractivity contribution is 0.0342. The van der Waals surface area contributed by atoms with Crippen LogP contribution in [-0.4, -0.2) is 35.8 Å². The maximum atomic E-state index is 12.3. The Balaban J connectivity index is 1.72. The Morgan fingerprint density at radius 2 is 1.71 bits per heavy atom. The summed E-state index contributed by atoms with van der Waals surface area (Å²) >= 11 is 0. The van der Waals surface area contributed by atoms with E-state index in [1.165, 1.54) is 25.2 Å². The standard InChI is InChI=1S/C19H17NO4/c1-12(10-13-6-4-3-5-7-13)24-19(23)14-8-9-15-16(11-14)18(22)20(2)17(15)21/h3-9,11-12H,10H2,1-2H3. The Hall–Kier alpha value is -2.95. The maximum Gasteiger partial charge on any atom is 0.338 e. The van der Waals surface area contributed by atoms with Crippen LogP contribution in [-0.2, 0) is 11.2 Å². The van der Waals surface area contributed by atoms with Crippen LogP contribution in [0.1, 0.15) is 43.6 Å². The van der Waals surface area contributed by atoms with Gasteiger partial charge in [0.1, 0.15) is 6.10 Å². The van der Waals surface area contributed by atoms with Crippen molar-refractivity contribution in [2.45, 2.75) is 19.4 Å². The maximum absolute atomic E-state index is 12.3. The van der Waals surface area contributed by atoms with Crippen LogP contribution < -0.4 is 0 Å². The second kappa shape index (κ2) is 6.28. The number of hydrogen-bond donors (Lipinski definition) is 0. The predicted molar refractivity (Wildman–Crippen MR) is 87.9 cm³/mol. The van der Waals surface area contributed by atoms with E-state index < -0.39 is 11.9 Å².